The van der Waals surface area contributed by atoms with Crippen LogP contribution < -0.4 is 10.5 Å². The molecule has 3 N–H and O–H groups in total. The van der Waals surface area contributed by atoms with Crippen molar-refractivity contribution in [1.82, 2.24) is 9.97 Å². The van der Waals surface area contributed by atoms with Gasteiger partial charge in [-0.25, -0.2) is 4.79 Å². The molecule has 8 nitrogen and oxygen atoms in total. The summed E-state index contributed by atoms with van der Waals surface area (Å²) in [6.07, 6.45) is 2.21. The number of nitrogens with two attached hydrogens (primary N) is 1. The Morgan fingerprint density at radius 3 is 2.58 bits per heavy atom. The quantitative estimate of drug-likeness (QED) is 0.563. The van der Waals surface area contributed by atoms with Gasteiger partial charge >= 0.3 is 6.09 Å². The van der Waals surface area contributed by atoms with Gasteiger partial charge in [0.2, 0.25) is 0 Å². The maximum atomic E-state index is 11.3. The number of rotatable bonds is 4. The number of hydrogen-bond donors (Lipinski definition) is 2. The predicted molar refractivity (Wildman–Crippen MR) is 86.3 cm³/mol. The van der Waals surface area contributed by atoms with Crippen molar-refractivity contribution in [1.29, 1.82) is 0 Å². The number of ether oxygens (including phenoxy) is 1. The molecule has 24 heavy (non-hydrogen) atoms. The summed E-state index contributed by atoms with van der Waals surface area (Å²) in [6.45, 7) is 0. The molecular weight excluding hydrogens is 312 g/mol. The zero-order valence-electron chi connectivity index (χ0n) is 12.3. The number of H-pyrrole nitrogens is 1. The zero-order chi connectivity index (χ0) is 17.1. The third kappa shape index (κ3) is 2.93. The van der Waals surface area contributed by atoms with Gasteiger partial charge in [0.05, 0.1) is 16.2 Å². The van der Waals surface area contributed by atoms with Gasteiger partial charge in [-0.05, 0) is 18.2 Å². The molecule has 1 aromatic carbocycles. The molecule has 0 aliphatic rings. The van der Waals surface area contributed by atoms with Crippen LogP contribution in [0.5, 0.6) is 5.75 Å². The molecule has 0 atom stereocenters. The summed E-state index contributed by atoms with van der Waals surface area (Å²) < 4.78 is 5.01. The molecule has 1 amide bonds. The Kier molecular flexibility index (Phi) is 3.94. The molecule has 0 saturated heterocycles. The van der Waals surface area contributed by atoms with Crippen molar-refractivity contribution in [2.24, 2.45) is 5.73 Å². The smallest absolute Gasteiger partial charge is 0.408 e. The van der Waals surface area contributed by atoms with Gasteiger partial charge in [-0.15, -0.1) is 0 Å². The normalized spacial score (nSPS) is 10.3. The highest BCUT2D eigenvalue weighted by Crippen LogP contribution is 2.38. The SMILES string of the molecule is NC(=O)Oc1cc(-c2ccncc2)[nH]c1-c1ccccc1[N+](=O)[O-]. The van der Waals surface area contributed by atoms with E-state index in [1.165, 1.54) is 6.07 Å². The van der Waals surface area contributed by atoms with Crippen LogP contribution in [0.4, 0.5) is 10.5 Å². The molecule has 3 aromatic rings. The minimum Gasteiger partial charge on any atom is -0.408 e. The Morgan fingerprint density at radius 1 is 1.21 bits per heavy atom. The lowest BCUT2D eigenvalue weighted by Crippen LogP contribution is -2.16. The van der Waals surface area contributed by atoms with Crippen LogP contribution in [0.1, 0.15) is 0 Å². The summed E-state index contributed by atoms with van der Waals surface area (Å²) in [4.78, 5) is 28.9. The monoisotopic (exact) mass is 324 g/mol. The first kappa shape index (κ1) is 15.2. The molecular formula is C16H12N4O4. The average Bonchev–Trinajstić information content (AvgIpc) is 2.98. The van der Waals surface area contributed by atoms with Gasteiger partial charge in [0.25, 0.3) is 5.69 Å². The first-order valence-corrected chi connectivity index (χ1v) is 6.90. The second-order valence-corrected chi connectivity index (χ2v) is 4.85. The van der Waals surface area contributed by atoms with Gasteiger partial charge in [-0.1, -0.05) is 12.1 Å². The highest BCUT2D eigenvalue weighted by Gasteiger charge is 2.21. The average molecular weight is 324 g/mol. The summed E-state index contributed by atoms with van der Waals surface area (Å²) in [5.74, 6) is 0.114. The fraction of sp³-hybridized carbons (Fsp3) is 0. The zero-order valence-corrected chi connectivity index (χ0v) is 12.3. The van der Waals surface area contributed by atoms with Gasteiger partial charge < -0.3 is 15.5 Å². The number of para-hydroxylation sites is 1. The third-order valence-electron chi connectivity index (χ3n) is 3.35. The Morgan fingerprint density at radius 2 is 1.92 bits per heavy atom. The van der Waals surface area contributed by atoms with Gasteiger partial charge in [0.15, 0.2) is 5.75 Å². The summed E-state index contributed by atoms with van der Waals surface area (Å²) in [7, 11) is 0. The van der Waals surface area contributed by atoms with Crippen LogP contribution in [-0.2, 0) is 0 Å². The number of carbonyl (C=O) groups excluding carboxylic acids is 1. The van der Waals surface area contributed by atoms with E-state index in [2.05, 4.69) is 9.97 Å². The van der Waals surface area contributed by atoms with Gasteiger partial charge in [-0.2, -0.15) is 0 Å². The van der Waals surface area contributed by atoms with Crippen molar-refractivity contribution in [3.63, 3.8) is 0 Å². The van der Waals surface area contributed by atoms with Crippen LogP contribution in [0, 0.1) is 10.1 Å². The molecule has 8 heteroatoms. The number of nitrogens with one attached hydrogen (secondary N) is 1. The largest absolute Gasteiger partial charge is 0.410 e. The number of hydrogen-bond acceptors (Lipinski definition) is 5. The Balaban J connectivity index is 2.18. The fourth-order valence-electron chi connectivity index (χ4n) is 2.36. The lowest BCUT2D eigenvalue weighted by molar-refractivity contribution is -0.384. The number of aromatic nitrogens is 2. The van der Waals surface area contributed by atoms with E-state index in [1.54, 1.807) is 48.8 Å². The minimum absolute atomic E-state index is 0.114. The molecule has 120 valence electrons. The van der Waals surface area contributed by atoms with E-state index >= 15 is 0 Å². The summed E-state index contributed by atoms with van der Waals surface area (Å²) in [6, 6.07) is 11.2. The van der Waals surface area contributed by atoms with E-state index in [0.717, 1.165) is 5.56 Å². The van der Waals surface area contributed by atoms with Gasteiger partial charge in [-0.3, -0.25) is 15.1 Å². The van der Waals surface area contributed by atoms with E-state index in [9.17, 15) is 14.9 Å². The standard InChI is InChI=1S/C16H12N4O4/c17-16(21)24-14-9-12(10-5-7-18-8-6-10)19-15(14)11-3-1-2-4-13(11)20(22)23/h1-9,19H,(H2,17,21). The van der Waals surface area contributed by atoms with Crippen LogP contribution in [0.2, 0.25) is 0 Å². The lowest BCUT2D eigenvalue weighted by Gasteiger charge is -2.04. The number of nitro groups is 1. The number of nitrogens with zero attached hydrogens (tertiary/aromatic N) is 2. The van der Waals surface area contributed by atoms with Crippen molar-refractivity contribution in [2.75, 3.05) is 0 Å². The lowest BCUT2D eigenvalue weighted by atomic mass is 10.1. The van der Waals surface area contributed by atoms with Crippen molar-refractivity contribution >= 4 is 11.8 Å². The molecule has 0 saturated carbocycles. The van der Waals surface area contributed by atoms with Crippen molar-refractivity contribution in [3.05, 3.63) is 65.0 Å². The van der Waals surface area contributed by atoms with Crippen LogP contribution in [0.3, 0.4) is 0 Å². The van der Waals surface area contributed by atoms with Crippen molar-refractivity contribution in [2.45, 2.75) is 0 Å². The summed E-state index contributed by atoms with van der Waals surface area (Å²) in [5.41, 5.74) is 6.97. The molecule has 2 aromatic heterocycles. The molecule has 0 spiro atoms. The second kappa shape index (κ2) is 6.21. The number of aromatic amines is 1. The van der Waals surface area contributed by atoms with E-state index < -0.39 is 11.0 Å². The van der Waals surface area contributed by atoms with Gasteiger partial charge in [0.1, 0.15) is 0 Å². The van der Waals surface area contributed by atoms with Crippen molar-refractivity contribution in [3.8, 4) is 28.3 Å². The van der Waals surface area contributed by atoms with E-state index in [-0.39, 0.29) is 11.4 Å². The first-order chi connectivity index (χ1) is 11.6. The Labute approximate surface area is 136 Å². The number of primary amides is 1. The highest BCUT2D eigenvalue weighted by atomic mass is 16.6. The number of benzene rings is 1. The van der Waals surface area contributed by atoms with Crippen molar-refractivity contribution < 1.29 is 14.5 Å². The first-order valence-electron chi connectivity index (χ1n) is 6.90. The topological polar surface area (TPSA) is 124 Å². The highest BCUT2D eigenvalue weighted by molar-refractivity contribution is 5.82. The number of pyridine rings is 1. The van der Waals surface area contributed by atoms with Gasteiger partial charge in [0, 0.05) is 35.8 Å². The molecule has 0 aliphatic heterocycles. The Bertz CT molecular complexity index is 905. The van der Waals surface area contributed by atoms with E-state index in [1.807, 2.05) is 0 Å². The van der Waals surface area contributed by atoms with Crippen LogP contribution in [-0.4, -0.2) is 21.0 Å². The number of carbonyl (C=O) groups is 1. The molecule has 0 aliphatic carbocycles. The molecule has 2 heterocycles. The van der Waals surface area contributed by atoms with Crippen LogP contribution >= 0.6 is 0 Å². The van der Waals surface area contributed by atoms with Crippen LogP contribution in [0.25, 0.3) is 22.5 Å². The van der Waals surface area contributed by atoms with E-state index in [0.29, 0.717) is 17.0 Å². The fourth-order valence-corrected chi connectivity index (χ4v) is 2.36. The molecule has 0 radical (unpaired) electrons. The maximum absolute atomic E-state index is 11.3. The maximum Gasteiger partial charge on any atom is 0.410 e. The Hall–Kier alpha value is -3.68. The minimum atomic E-state index is -1.00. The second-order valence-electron chi connectivity index (χ2n) is 4.85. The molecule has 0 bridgehead atoms. The van der Waals surface area contributed by atoms with E-state index in [4.69, 9.17) is 10.5 Å². The number of amides is 1. The third-order valence-corrected chi connectivity index (χ3v) is 3.35. The summed E-state index contributed by atoms with van der Waals surface area (Å²) in [5, 5.41) is 11.3. The summed E-state index contributed by atoms with van der Waals surface area (Å²) >= 11 is 0. The van der Waals surface area contributed by atoms with Crippen LogP contribution in [0.15, 0.2) is 54.9 Å². The molecule has 3 rings (SSSR count). The molecule has 0 unspecified atom stereocenters. The number of nitro benzene ring substituents is 1. The predicted octanol–water partition coefficient (Wildman–Crippen LogP) is 3.11. The molecule has 0 fully saturated rings.